The van der Waals surface area contributed by atoms with Crippen molar-refractivity contribution in [1.82, 2.24) is 0 Å². The number of nitrogens with zero attached hydrogens (tertiary/aromatic N) is 2. The van der Waals surface area contributed by atoms with Crippen molar-refractivity contribution in [3.05, 3.63) is 33.9 Å². The van der Waals surface area contributed by atoms with Gasteiger partial charge in [-0.1, -0.05) is 13.8 Å². The molecule has 1 atom stereocenters. The summed E-state index contributed by atoms with van der Waals surface area (Å²) in [4.78, 5) is 22.7. The average molecular weight is 302 g/mol. The van der Waals surface area contributed by atoms with Gasteiger partial charge in [-0.15, -0.1) is 0 Å². The Labute approximate surface area is 118 Å². The third-order valence-corrected chi connectivity index (χ3v) is 3.65. The molecule has 1 aromatic rings. The SMILES string of the molecule is CC1(C)CN(c2ccc(C(F)(F)F)cc2[N+](=O)[O-])C1C=O. The lowest BCUT2D eigenvalue weighted by Crippen LogP contribution is -2.63. The fraction of sp³-hybridized carbons (Fsp3) is 0.462. The Bertz CT molecular complexity index is 599. The van der Waals surface area contributed by atoms with Crippen molar-refractivity contribution in [2.24, 2.45) is 5.41 Å². The van der Waals surface area contributed by atoms with Crippen LogP contribution in [0.1, 0.15) is 19.4 Å². The first-order chi connectivity index (χ1) is 9.58. The summed E-state index contributed by atoms with van der Waals surface area (Å²) in [5.41, 5.74) is -2.06. The minimum atomic E-state index is -4.65. The Morgan fingerprint density at radius 2 is 2.05 bits per heavy atom. The molecule has 0 N–H and O–H groups in total. The van der Waals surface area contributed by atoms with Crippen LogP contribution in [0.5, 0.6) is 0 Å². The lowest BCUT2D eigenvalue weighted by atomic mass is 9.75. The Kier molecular flexibility index (Phi) is 3.43. The highest BCUT2D eigenvalue weighted by Gasteiger charge is 2.47. The van der Waals surface area contributed by atoms with Crippen molar-refractivity contribution in [2.75, 3.05) is 11.4 Å². The monoisotopic (exact) mass is 302 g/mol. The third kappa shape index (κ3) is 2.57. The molecule has 0 aliphatic carbocycles. The molecular formula is C13H13F3N2O3. The van der Waals surface area contributed by atoms with Crippen LogP contribution in [-0.2, 0) is 11.0 Å². The van der Waals surface area contributed by atoms with Gasteiger partial charge >= 0.3 is 6.18 Å². The van der Waals surface area contributed by atoms with Gasteiger partial charge in [-0.05, 0) is 12.1 Å². The number of nitro benzene ring substituents is 1. The van der Waals surface area contributed by atoms with Crippen LogP contribution in [0.4, 0.5) is 24.5 Å². The standard InChI is InChI=1S/C13H13F3N2O3/c1-12(2)7-17(11(12)6-19)9-4-3-8(13(14,15)16)5-10(9)18(20)21/h3-6,11H,7H2,1-2H3. The van der Waals surface area contributed by atoms with Crippen LogP contribution < -0.4 is 4.90 Å². The number of carbonyl (C=O) groups excluding carboxylic acids is 1. The van der Waals surface area contributed by atoms with Crippen molar-refractivity contribution in [3.8, 4) is 0 Å². The molecule has 0 aromatic heterocycles. The molecule has 1 aliphatic rings. The quantitative estimate of drug-likeness (QED) is 0.489. The van der Waals surface area contributed by atoms with E-state index in [2.05, 4.69) is 0 Å². The van der Waals surface area contributed by atoms with Crippen LogP contribution >= 0.6 is 0 Å². The van der Waals surface area contributed by atoms with Crippen LogP contribution in [0.3, 0.4) is 0 Å². The van der Waals surface area contributed by atoms with Crippen LogP contribution in [0.25, 0.3) is 0 Å². The van der Waals surface area contributed by atoms with E-state index in [9.17, 15) is 28.1 Å². The Morgan fingerprint density at radius 1 is 1.43 bits per heavy atom. The molecule has 114 valence electrons. The number of aldehydes is 1. The second kappa shape index (κ2) is 4.71. The number of hydrogen-bond donors (Lipinski definition) is 0. The van der Waals surface area contributed by atoms with Crippen molar-refractivity contribution < 1.29 is 22.9 Å². The van der Waals surface area contributed by atoms with Crippen molar-refractivity contribution in [2.45, 2.75) is 26.1 Å². The number of halogens is 3. The summed E-state index contributed by atoms with van der Waals surface area (Å²) < 4.78 is 37.9. The zero-order valence-corrected chi connectivity index (χ0v) is 11.3. The molecule has 8 heteroatoms. The maximum Gasteiger partial charge on any atom is 0.416 e. The molecule has 0 saturated carbocycles. The summed E-state index contributed by atoms with van der Waals surface area (Å²) in [6.07, 6.45) is -3.99. The molecule has 1 heterocycles. The van der Waals surface area contributed by atoms with Gasteiger partial charge < -0.3 is 9.69 Å². The highest BCUT2D eigenvalue weighted by molar-refractivity contribution is 5.76. The molecule has 0 amide bonds. The molecule has 0 radical (unpaired) electrons. The van der Waals surface area contributed by atoms with E-state index in [0.717, 1.165) is 12.1 Å². The fourth-order valence-corrected chi connectivity index (χ4v) is 2.52. The van der Waals surface area contributed by atoms with Gasteiger partial charge in [0.05, 0.1) is 16.5 Å². The van der Waals surface area contributed by atoms with Crippen LogP contribution in [0.15, 0.2) is 18.2 Å². The summed E-state index contributed by atoms with van der Waals surface area (Å²) in [6, 6.07) is 1.75. The van der Waals surface area contributed by atoms with Gasteiger partial charge in [-0.2, -0.15) is 13.2 Å². The first-order valence-corrected chi connectivity index (χ1v) is 6.15. The Balaban J connectivity index is 2.46. The average Bonchev–Trinajstić information content (AvgIpc) is 2.34. The second-order valence-electron chi connectivity index (χ2n) is 5.66. The van der Waals surface area contributed by atoms with Crippen molar-refractivity contribution in [3.63, 3.8) is 0 Å². The number of rotatable bonds is 3. The summed E-state index contributed by atoms with van der Waals surface area (Å²) in [5, 5.41) is 11.0. The summed E-state index contributed by atoms with van der Waals surface area (Å²) in [5.74, 6) is 0. The molecule has 2 rings (SSSR count). The van der Waals surface area contributed by atoms with Crippen LogP contribution in [-0.4, -0.2) is 23.8 Å². The molecule has 21 heavy (non-hydrogen) atoms. The summed E-state index contributed by atoms with van der Waals surface area (Å²) in [7, 11) is 0. The second-order valence-corrected chi connectivity index (χ2v) is 5.66. The lowest BCUT2D eigenvalue weighted by Gasteiger charge is -2.52. The molecule has 1 saturated heterocycles. The van der Waals surface area contributed by atoms with Gasteiger partial charge in [0.25, 0.3) is 5.69 Å². The van der Waals surface area contributed by atoms with E-state index < -0.39 is 28.4 Å². The van der Waals surface area contributed by atoms with E-state index in [4.69, 9.17) is 0 Å². The van der Waals surface area contributed by atoms with Gasteiger partial charge in [0, 0.05) is 18.0 Å². The third-order valence-electron chi connectivity index (χ3n) is 3.65. The van der Waals surface area contributed by atoms with Gasteiger partial charge in [0.1, 0.15) is 12.0 Å². The largest absolute Gasteiger partial charge is 0.416 e. The molecule has 1 unspecified atom stereocenters. The molecular weight excluding hydrogens is 289 g/mol. The van der Waals surface area contributed by atoms with Crippen molar-refractivity contribution in [1.29, 1.82) is 0 Å². The maximum atomic E-state index is 12.6. The number of carbonyl (C=O) groups is 1. The number of hydrogen-bond acceptors (Lipinski definition) is 4. The molecule has 1 aromatic carbocycles. The molecule has 5 nitrogen and oxygen atoms in total. The Morgan fingerprint density at radius 3 is 2.48 bits per heavy atom. The van der Waals surface area contributed by atoms with Gasteiger partial charge in [-0.3, -0.25) is 10.1 Å². The van der Waals surface area contributed by atoms with E-state index in [1.807, 2.05) is 13.8 Å². The minimum Gasteiger partial charge on any atom is -0.355 e. The molecule has 1 fully saturated rings. The highest BCUT2D eigenvalue weighted by Crippen LogP contribution is 2.44. The predicted molar refractivity (Wildman–Crippen MR) is 69.1 cm³/mol. The number of benzene rings is 1. The molecule has 1 aliphatic heterocycles. The van der Waals surface area contributed by atoms with E-state index in [-0.39, 0.29) is 11.1 Å². The van der Waals surface area contributed by atoms with Gasteiger partial charge in [0.15, 0.2) is 0 Å². The summed E-state index contributed by atoms with van der Waals surface area (Å²) >= 11 is 0. The first-order valence-electron chi connectivity index (χ1n) is 6.15. The summed E-state index contributed by atoms with van der Waals surface area (Å²) in [6.45, 7) is 4.00. The van der Waals surface area contributed by atoms with E-state index in [1.54, 1.807) is 0 Å². The zero-order chi connectivity index (χ0) is 16.0. The topological polar surface area (TPSA) is 63.4 Å². The predicted octanol–water partition coefficient (Wildman–Crippen LogP) is 3.03. The number of alkyl halides is 3. The van der Waals surface area contributed by atoms with Gasteiger partial charge in [0.2, 0.25) is 0 Å². The lowest BCUT2D eigenvalue weighted by molar-refractivity contribution is -0.384. The van der Waals surface area contributed by atoms with E-state index in [1.165, 1.54) is 4.90 Å². The normalized spacial score (nSPS) is 20.8. The van der Waals surface area contributed by atoms with Crippen LogP contribution in [0.2, 0.25) is 0 Å². The zero-order valence-electron chi connectivity index (χ0n) is 11.3. The fourth-order valence-electron chi connectivity index (χ4n) is 2.52. The first kappa shape index (κ1) is 15.3. The number of nitro groups is 1. The van der Waals surface area contributed by atoms with Gasteiger partial charge in [-0.25, -0.2) is 0 Å². The maximum absolute atomic E-state index is 12.6. The number of anilines is 1. The smallest absolute Gasteiger partial charge is 0.355 e. The van der Waals surface area contributed by atoms with Crippen LogP contribution in [0, 0.1) is 15.5 Å². The Hall–Kier alpha value is -2.12. The van der Waals surface area contributed by atoms with E-state index in [0.29, 0.717) is 18.9 Å². The molecule has 0 spiro atoms. The van der Waals surface area contributed by atoms with Crippen molar-refractivity contribution >= 4 is 17.7 Å². The minimum absolute atomic E-state index is 0.0319. The highest BCUT2D eigenvalue weighted by atomic mass is 19.4. The molecule has 0 bridgehead atoms. The van der Waals surface area contributed by atoms with E-state index >= 15 is 0 Å².